The van der Waals surface area contributed by atoms with Crippen LogP contribution in [0.5, 0.6) is 0 Å². The van der Waals surface area contributed by atoms with E-state index in [0.717, 1.165) is 24.5 Å². The molecule has 2 heterocycles. The molecule has 2 amide bonds. The molecule has 7 heteroatoms. The summed E-state index contributed by atoms with van der Waals surface area (Å²) in [6.07, 6.45) is 1.81. The zero-order valence-electron chi connectivity index (χ0n) is 13.1. The van der Waals surface area contributed by atoms with Crippen LogP contribution in [0.15, 0.2) is 35.0 Å². The molecule has 2 aromatic rings. The maximum absolute atomic E-state index is 14.1. The molecule has 0 aliphatic carbocycles. The summed E-state index contributed by atoms with van der Waals surface area (Å²) in [6, 6.07) is 5.54. The predicted molar refractivity (Wildman–Crippen MR) is 89.8 cm³/mol. The number of rotatable bonds is 3. The van der Waals surface area contributed by atoms with Gasteiger partial charge in [0.25, 0.3) is 0 Å². The van der Waals surface area contributed by atoms with Gasteiger partial charge in [0.15, 0.2) is 0 Å². The molecule has 1 aromatic carbocycles. The summed E-state index contributed by atoms with van der Waals surface area (Å²) in [5, 5.41) is 6.60. The number of methoxy groups -OCH3 is 1. The average Bonchev–Trinajstić information content (AvgIpc) is 3.26. The van der Waals surface area contributed by atoms with E-state index in [2.05, 4.69) is 10.1 Å². The summed E-state index contributed by atoms with van der Waals surface area (Å²) in [5.41, 5.74) is 1.25. The van der Waals surface area contributed by atoms with E-state index in [0.29, 0.717) is 6.54 Å². The second-order valence-corrected chi connectivity index (χ2v) is 6.30. The van der Waals surface area contributed by atoms with Gasteiger partial charge in [0.2, 0.25) is 0 Å². The Morgan fingerprint density at radius 3 is 2.88 bits per heavy atom. The van der Waals surface area contributed by atoms with Crippen LogP contribution in [0.2, 0.25) is 0 Å². The second-order valence-electron chi connectivity index (χ2n) is 5.52. The van der Waals surface area contributed by atoms with Crippen molar-refractivity contribution in [3.8, 4) is 0 Å². The van der Waals surface area contributed by atoms with Gasteiger partial charge in [-0.05, 0) is 53.4 Å². The second kappa shape index (κ2) is 7.00. The van der Waals surface area contributed by atoms with Crippen molar-refractivity contribution in [2.24, 2.45) is 0 Å². The van der Waals surface area contributed by atoms with Crippen molar-refractivity contribution < 1.29 is 18.7 Å². The van der Waals surface area contributed by atoms with E-state index in [1.165, 1.54) is 19.2 Å². The van der Waals surface area contributed by atoms with Crippen LogP contribution in [0, 0.1) is 5.82 Å². The number of ether oxygens (including phenoxy) is 1. The molecule has 1 saturated heterocycles. The highest BCUT2D eigenvalue weighted by atomic mass is 32.1. The highest BCUT2D eigenvalue weighted by Gasteiger charge is 2.30. The summed E-state index contributed by atoms with van der Waals surface area (Å²) >= 11 is 1.59. The Kier molecular flexibility index (Phi) is 4.80. The molecular weight excluding hydrogens is 331 g/mol. The van der Waals surface area contributed by atoms with Crippen molar-refractivity contribution in [2.45, 2.75) is 18.9 Å². The summed E-state index contributed by atoms with van der Waals surface area (Å²) in [6.45, 7) is 0.633. The number of benzene rings is 1. The Bertz CT molecular complexity index is 748. The molecule has 1 N–H and O–H groups in total. The third-order valence-electron chi connectivity index (χ3n) is 4.07. The van der Waals surface area contributed by atoms with Crippen LogP contribution >= 0.6 is 11.3 Å². The van der Waals surface area contributed by atoms with Gasteiger partial charge in [-0.1, -0.05) is 0 Å². The largest absolute Gasteiger partial charge is 0.465 e. The van der Waals surface area contributed by atoms with Gasteiger partial charge >= 0.3 is 12.0 Å². The average molecular weight is 348 g/mol. The minimum absolute atomic E-state index is 0.0219. The van der Waals surface area contributed by atoms with Crippen molar-refractivity contribution in [2.75, 3.05) is 19.0 Å². The number of urea groups is 1. The van der Waals surface area contributed by atoms with Gasteiger partial charge in [-0.2, -0.15) is 11.3 Å². The summed E-state index contributed by atoms with van der Waals surface area (Å²) in [5.74, 6) is -1.29. The molecule has 0 radical (unpaired) electrons. The number of carbonyl (C=O) groups is 2. The molecule has 1 aliphatic heterocycles. The van der Waals surface area contributed by atoms with E-state index < -0.39 is 11.8 Å². The smallest absolute Gasteiger partial charge is 0.337 e. The third-order valence-corrected chi connectivity index (χ3v) is 4.77. The standard InChI is InChI=1S/C17H17FN2O3S/c1-23-16(21)11-4-5-14(13(18)9-11)19-17(22)20-7-2-3-15(20)12-6-8-24-10-12/h4-6,8-10,15H,2-3,7H2,1H3,(H,19,22)/t15-/m1/s1. The van der Waals surface area contributed by atoms with Crippen molar-refractivity contribution in [1.29, 1.82) is 0 Å². The van der Waals surface area contributed by atoms with Crippen LogP contribution in [-0.4, -0.2) is 30.6 Å². The number of hydrogen-bond donors (Lipinski definition) is 1. The number of nitrogens with zero attached hydrogens (tertiary/aromatic N) is 1. The first-order valence-corrected chi connectivity index (χ1v) is 8.52. The summed E-state index contributed by atoms with van der Waals surface area (Å²) in [4.78, 5) is 25.6. The molecule has 0 spiro atoms. The third kappa shape index (κ3) is 3.26. The lowest BCUT2D eigenvalue weighted by atomic mass is 10.1. The number of amides is 2. The van der Waals surface area contributed by atoms with E-state index in [1.54, 1.807) is 16.2 Å². The molecule has 0 bridgehead atoms. The van der Waals surface area contributed by atoms with Crippen LogP contribution in [-0.2, 0) is 4.74 Å². The Labute approximate surface area is 143 Å². The quantitative estimate of drug-likeness (QED) is 0.852. The Balaban J connectivity index is 1.74. The van der Waals surface area contributed by atoms with Gasteiger partial charge in [-0.3, -0.25) is 0 Å². The number of carbonyl (C=O) groups excluding carboxylic acids is 2. The van der Waals surface area contributed by atoms with E-state index in [4.69, 9.17) is 0 Å². The Morgan fingerprint density at radius 1 is 1.38 bits per heavy atom. The molecule has 126 valence electrons. The monoisotopic (exact) mass is 348 g/mol. The zero-order chi connectivity index (χ0) is 17.1. The van der Waals surface area contributed by atoms with Gasteiger partial charge in [0, 0.05) is 6.54 Å². The Morgan fingerprint density at radius 2 is 2.21 bits per heavy atom. The van der Waals surface area contributed by atoms with Crippen LogP contribution in [0.4, 0.5) is 14.9 Å². The van der Waals surface area contributed by atoms with E-state index >= 15 is 0 Å². The van der Waals surface area contributed by atoms with Gasteiger partial charge in [0.05, 0.1) is 24.4 Å². The fourth-order valence-electron chi connectivity index (χ4n) is 2.87. The predicted octanol–water partition coefficient (Wildman–Crippen LogP) is 4.04. The molecule has 1 atom stereocenters. The number of anilines is 1. The number of nitrogens with one attached hydrogen (secondary N) is 1. The van der Waals surface area contributed by atoms with Crippen molar-refractivity contribution >= 4 is 29.0 Å². The number of halogens is 1. The number of esters is 1. The Hall–Kier alpha value is -2.41. The van der Waals surface area contributed by atoms with E-state index in [9.17, 15) is 14.0 Å². The van der Waals surface area contributed by atoms with Gasteiger partial charge in [-0.25, -0.2) is 14.0 Å². The first-order chi connectivity index (χ1) is 11.6. The lowest BCUT2D eigenvalue weighted by Gasteiger charge is -2.24. The fourth-order valence-corrected chi connectivity index (χ4v) is 3.58. The first-order valence-electron chi connectivity index (χ1n) is 7.57. The summed E-state index contributed by atoms with van der Waals surface area (Å²) in [7, 11) is 1.23. The normalized spacial score (nSPS) is 16.9. The summed E-state index contributed by atoms with van der Waals surface area (Å²) < 4.78 is 18.7. The molecule has 1 aliphatic rings. The topological polar surface area (TPSA) is 58.6 Å². The minimum atomic E-state index is -0.669. The zero-order valence-corrected chi connectivity index (χ0v) is 13.9. The molecule has 0 saturated carbocycles. The number of hydrogen-bond acceptors (Lipinski definition) is 4. The van der Waals surface area contributed by atoms with E-state index in [-0.39, 0.29) is 23.3 Å². The lowest BCUT2D eigenvalue weighted by Crippen LogP contribution is -2.34. The SMILES string of the molecule is COC(=O)c1ccc(NC(=O)N2CCC[C@@H]2c2ccsc2)c(F)c1. The highest BCUT2D eigenvalue weighted by Crippen LogP contribution is 2.33. The van der Waals surface area contributed by atoms with Crippen LogP contribution in [0.25, 0.3) is 0 Å². The minimum Gasteiger partial charge on any atom is -0.465 e. The van der Waals surface area contributed by atoms with Gasteiger partial charge in [0.1, 0.15) is 5.82 Å². The van der Waals surface area contributed by atoms with Crippen LogP contribution in [0.3, 0.4) is 0 Å². The number of likely N-dealkylation sites (tertiary alicyclic amines) is 1. The van der Waals surface area contributed by atoms with Crippen LogP contribution < -0.4 is 5.32 Å². The van der Waals surface area contributed by atoms with Crippen LogP contribution in [0.1, 0.15) is 34.8 Å². The molecule has 5 nitrogen and oxygen atoms in total. The molecular formula is C17H17FN2O3S. The van der Waals surface area contributed by atoms with Crippen molar-refractivity contribution in [1.82, 2.24) is 4.90 Å². The lowest BCUT2D eigenvalue weighted by molar-refractivity contribution is 0.0600. The maximum atomic E-state index is 14.1. The molecule has 1 aromatic heterocycles. The van der Waals surface area contributed by atoms with Gasteiger partial charge in [-0.15, -0.1) is 0 Å². The molecule has 0 unspecified atom stereocenters. The molecule has 24 heavy (non-hydrogen) atoms. The number of thiophene rings is 1. The van der Waals surface area contributed by atoms with Gasteiger partial charge < -0.3 is 15.0 Å². The first kappa shape index (κ1) is 16.4. The van der Waals surface area contributed by atoms with Crippen molar-refractivity contribution in [3.63, 3.8) is 0 Å². The molecule has 1 fully saturated rings. The molecule has 3 rings (SSSR count). The maximum Gasteiger partial charge on any atom is 0.337 e. The van der Waals surface area contributed by atoms with E-state index in [1.807, 2.05) is 16.8 Å². The highest BCUT2D eigenvalue weighted by molar-refractivity contribution is 7.08. The van der Waals surface area contributed by atoms with Crippen molar-refractivity contribution in [3.05, 3.63) is 52.0 Å². The fraction of sp³-hybridized carbons (Fsp3) is 0.294.